The van der Waals surface area contributed by atoms with E-state index in [9.17, 15) is 14.0 Å². The first-order valence-electron chi connectivity index (χ1n) is 9.30. The number of amides is 1. The first-order chi connectivity index (χ1) is 15.0. The van der Waals surface area contributed by atoms with Gasteiger partial charge in [0.2, 0.25) is 5.91 Å². The van der Waals surface area contributed by atoms with E-state index in [0.29, 0.717) is 38.1 Å². The fraction of sp³-hybridized carbons (Fsp3) is 0.136. The Labute approximate surface area is 185 Å². The smallest absolute Gasteiger partial charge is 0.276 e. The third-order valence-electron chi connectivity index (χ3n) is 4.56. The maximum atomic E-state index is 13.6. The molecule has 2 heterocycles. The van der Waals surface area contributed by atoms with E-state index in [0.717, 1.165) is 11.8 Å². The summed E-state index contributed by atoms with van der Waals surface area (Å²) in [6, 6.07) is 13.1. The third kappa shape index (κ3) is 4.33. The van der Waals surface area contributed by atoms with Crippen molar-refractivity contribution < 1.29 is 13.9 Å². The molecule has 0 atom stereocenters. The first kappa shape index (κ1) is 21.1. The van der Waals surface area contributed by atoms with E-state index in [1.54, 1.807) is 42.6 Å². The van der Waals surface area contributed by atoms with Gasteiger partial charge in [-0.3, -0.25) is 14.2 Å². The lowest BCUT2D eigenvalue weighted by Crippen LogP contribution is -2.23. The maximum absolute atomic E-state index is 13.6. The number of hydrogen-bond donors (Lipinski definition) is 1. The molecular formula is C22H18FN3O3S2. The summed E-state index contributed by atoms with van der Waals surface area (Å²) in [6.45, 7) is 1.73. The number of thiophene rings is 1. The number of benzene rings is 2. The molecule has 0 unspecified atom stereocenters. The Morgan fingerprint density at radius 2 is 2.06 bits per heavy atom. The van der Waals surface area contributed by atoms with Crippen molar-refractivity contribution in [3.05, 3.63) is 75.6 Å². The van der Waals surface area contributed by atoms with Crippen molar-refractivity contribution in [1.29, 1.82) is 0 Å². The monoisotopic (exact) mass is 455 g/mol. The third-order valence-corrected chi connectivity index (χ3v) is 6.39. The van der Waals surface area contributed by atoms with Crippen LogP contribution in [-0.2, 0) is 4.79 Å². The molecule has 2 aromatic heterocycles. The van der Waals surface area contributed by atoms with Crippen LogP contribution in [0, 0.1) is 12.7 Å². The number of para-hydroxylation sites is 2. The van der Waals surface area contributed by atoms with E-state index < -0.39 is 0 Å². The number of aromatic nitrogens is 2. The molecule has 1 amide bonds. The predicted molar refractivity (Wildman–Crippen MR) is 122 cm³/mol. The lowest BCUT2D eigenvalue weighted by Gasteiger charge is -2.14. The van der Waals surface area contributed by atoms with Gasteiger partial charge >= 0.3 is 0 Å². The van der Waals surface area contributed by atoms with Crippen LogP contribution >= 0.6 is 23.1 Å². The number of methoxy groups -OCH3 is 1. The molecule has 9 heteroatoms. The molecule has 4 aromatic rings. The van der Waals surface area contributed by atoms with Crippen LogP contribution in [0.5, 0.6) is 5.75 Å². The highest BCUT2D eigenvalue weighted by molar-refractivity contribution is 7.99. The number of carbonyl (C=O) groups excluding carboxylic acids is 1. The summed E-state index contributed by atoms with van der Waals surface area (Å²) in [5.41, 5.74) is 2.01. The van der Waals surface area contributed by atoms with Gasteiger partial charge in [-0.05, 0) is 54.3 Å². The molecule has 0 aliphatic rings. The highest BCUT2D eigenvalue weighted by atomic mass is 32.2. The van der Waals surface area contributed by atoms with E-state index in [2.05, 4.69) is 10.3 Å². The molecule has 0 aliphatic heterocycles. The number of ether oxygens (including phenoxy) is 1. The van der Waals surface area contributed by atoms with Gasteiger partial charge in [-0.25, -0.2) is 9.37 Å². The van der Waals surface area contributed by atoms with Crippen LogP contribution in [-0.4, -0.2) is 28.3 Å². The van der Waals surface area contributed by atoms with Crippen LogP contribution in [0.25, 0.3) is 15.9 Å². The lowest BCUT2D eigenvalue weighted by atomic mass is 10.2. The minimum Gasteiger partial charge on any atom is -0.495 e. The Morgan fingerprint density at radius 1 is 1.26 bits per heavy atom. The summed E-state index contributed by atoms with van der Waals surface area (Å²) < 4.78 is 20.8. The summed E-state index contributed by atoms with van der Waals surface area (Å²) in [5, 5.41) is 4.97. The van der Waals surface area contributed by atoms with Crippen molar-refractivity contribution in [3.8, 4) is 11.4 Å². The molecule has 4 rings (SSSR count). The molecule has 6 nitrogen and oxygen atoms in total. The molecule has 2 aromatic carbocycles. The van der Waals surface area contributed by atoms with Crippen LogP contribution < -0.4 is 15.6 Å². The maximum Gasteiger partial charge on any atom is 0.276 e. The predicted octanol–water partition coefficient (Wildman–Crippen LogP) is 4.63. The van der Waals surface area contributed by atoms with Crippen molar-refractivity contribution in [3.63, 3.8) is 0 Å². The zero-order valence-corrected chi connectivity index (χ0v) is 18.3. The summed E-state index contributed by atoms with van der Waals surface area (Å²) in [5.74, 6) is -0.0701. The highest BCUT2D eigenvalue weighted by Gasteiger charge is 2.17. The Bertz CT molecular complexity index is 1330. The van der Waals surface area contributed by atoms with Gasteiger partial charge in [0.05, 0.1) is 29.8 Å². The highest BCUT2D eigenvalue weighted by Crippen LogP contribution is 2.27. The number of rotatable bonds is 6. The number of fused-ring (bicyclic) bond motifs is 1. The molecule has 0 spiro atoms. The van der Waals surface area contributed by atoms with Gasteiger partial charge in [0.15, 0.2) is 5.16 Å². The van der Waals surface area contributed by atoms with Crippen LogP contribution in [0.1, 0.15) is 5.56 Å². The second-order valence-electron chi connectivity index (χ2n) is 6.64. The van der Waals surface area contributed by atoms with Gasteiger partial charge in [-0.1, -0.05) is 23.9 Å². The molecular weight excluding hydrogens is 437 g/mol. The van der Waals surface area contributed by atoms with Crippen molar-refractivity contribution in [2.24, 2.45) is 0 Å². The van der Waals surface area contributed by atoms with Gasteiger partial charge < -0.3 is 10.1 Å². The van der Waals surface area contributed by atoms with Crippen LogP contribution in [0.15, 0.2) is 63.9 Å². The van der Waals surface area contributed by atoms with Crippen molar-refractivity contribution in [2.75, 3.05) is 18.2 Å². The molecule has 31 heavy (non-hydrogen) atoms. The van der Waals surface area contributed by atoms with E-state index in [1.165, 1.54) is 35.1 Å². The zero-order valence-electron chi connectivity index (χ0n) is 16.7. The Hall–Kier alpha value is -3.17. The van der Waals surface area contributed by atoms with E-state index in [4.69, 9.17) is 4.74 Å². The number of halogens is 1. The van der Waals surface area contributed by atoms with Crippen molar-refractivity contribution in [1.82, 2.24) is 9.55 Å². The molecule has 158 valence electrons. The summed E-state index contributed by atoms with van der Waals surface area (Å²) in [6.07, 6.45) is 0. The van der Waals surface area contributed by atoms with E-state index >= 15 is 0 Å². The van der Waals surface area contributed by atoms with Crippen LogP contribution in [0.3, 0.4) is 0 Å². The minimum absolute atomic E-state index is 0.0281. The van der Waals surface area contributed by atoms with Gasteiger partial charge in [0.1, 0.15) is 16.3 Å². The second kappa shape index (κ2) is 8.91. The summed E-state index contributed by atoms with van der Waals surface area (Å²) in [7, 11) is 1.53. The number of thioether (sulfide) groups is 1. The normalized spacial score (nSPS) is 10.9. The Morgan fingerprint density at radius 3 is 2.84 bits per heavy atom. The largest absolute Gasteiger partial charge is 0.495 e. The molecule has 0 bridgehead atoms. The van der Waals surface area contributed by atoms with Gasteiger partial charge in [0, 0.05) is 0 Å². The van der Waals surface area contributed by atoms with Gasteiger partial charge in [-0.2, -0.15) is 0 Å². The number of carbonyl (C=O) groups is 1. The summed E-state index contributed by atoms with van der Waals surface area (Å²) in [4.78, 5) is 30.3. The first-order valence-corrected chi connectivity index (χ1v) is 11.2. The Kier molecular flexibility index (Phi) is 6.06. The van der Waals surface area contributed by atoms with E-state index in [-0.39, 0.29) is 23.0 Å². The second-order valence-corrected chi connectivity index (χ2v) is 8.50. The number of nitrogens with zero attached hydrogens (tertiary/aromatic N) is 2. The number of nitrogens with one attached hydrogen (secondary N) is 1. The summed E-state index contributed by atoms with van der Waals surface area (Å²) >= 11 is 2.44. The van der Waals surface area contributed by atoms with Gasteiger partial charge in [0.25, 0.3) is 5.56 Å². The number of anilines is 1. The number of aryl methyl sites for hydroxylation is 1. The average Bonchev–Trinajstić information content (AvgIpc) is 3.22. The topological polar surface area (TPSA) is 73.2 Å². The van der Waals surface area contributed by atoms with Crippen molar-refractivity contribution >= 4 is 44.9 Å². The molecule has 1 N–H and O–H groups in total. The fourth-order valence-electron chi connectivity index (χ4n) is 3.14. The molecule has 0 saturated carbocycles. The van der Waals surface area contributed by atoms with E-state index in [1.807, 2.05) is 6.07 Å². The van der Waals surface area contributed by atoms with Crippen molar-refractivity contribution in [2.45, 2.75) is 12.1 Å². The Balaban J connectivity index is 1.67. The van der Waals surface area contributed by atoms with Crippen LogP contribution in [0.4, 0.5) is 10.1 Å². The fourth-order valence-corrected chi connectivity index (χ4v) is 4.70. The zero-order chi connectivity index (χ0) is 22.0. The number of hydrogen-bond acceptors (Lipinski definition) is 6. The minimum atomic E-state index is -0.384. The molecule has 0 aliphatic carbocycles. The molecule has 0 fully saturated rings. The lowest BCUT2D eigenvalue weighted by molar-refractivity contribution is -0.113. The van der Waals surface area contributed by atoms with Crippen LogP contribution in [0.2, 0.25) is 0 Å². The molecule has 0 radical (unpaired) electrons. The molecule has 0 saturated heterocycles. The standard InChI is InChI=1S/C22H18FN3O3S2/c1-13-11-14(23)7-8-17(13)26-21(28)20-16(9-10-30-20)25-22(26)31-12-19(27)24-15-5-3-4-6-18(15)29-2/h3-11H,12H2,1-2H3,(H,24,27). The van der Waals surface area contributed by atoms with Gasteiger partial charge in [-0.15, -0.1) is 11.3 Å². The average molecular weight is 456 g/mol. The SMILES string of the molecule is COc1ccccc1NC(=O)CSc1nc2ccsc2c(=O)n1-c1ccc(F)cc1C. The quantitative estimate of drug-likeness (QED) is 0.339.